The summed E-state index contributed by atoms with van der Waals surface area (Å²) in [5.74, 6) is 1.10. The zero-order valence-electron chi connectivity index (χ0n) is 16.6. The van der Waals surface area contributed by atoms with E-state index in [2.05, 4.69) is 39.2 Å². The van der Waals surface area contributed by atoms with Crippen LogP contribution >= 0.6 is 0 Å². The number of anilines is 1. The number of amides is 1. The molecule has 28 heavy (non-hydrogen) atoms. The Bertz CT molecular complexity index is 703. The second kappa shape index (κ2) is 10.8. The summed E-state index contributed by atoms with van der Waals surface area (Å²) < 4.78 is 5.84. The minimum Gasteiger partial charge on any atom is -0.374 e. The molecule has 0 spiro atoms. The van der Waals surface area contributed by atoms with Crippen LogP contribution in [0, 0.1) is 0 Å². The highest BCUT2D eigenvalue weighted by molar-refractivity contribution is 5.78. The molecule has 0 aliphatic carbocycles. The van der Waals surface area contributed by atoms with Crippen molar-refractivity contribution in [3.63, 3.8) is 0 Å². The molecular weight excluding hydrogens is 352 g/mol. The Labute approximate surface area is 167 Å². The largest absolute Gasteiger partial charge is 0.374 e. The number of nitrogens with zero attached hydrogens (tertiary/aromatic N) is 3. The predicted octanol–water partition coefficient (Wildman–Crippen LogP) is 2.49. The van der Waals surface area contributed by atoms with Crippen LogP contribution in [0.5, 0.6) is 0 Å². The molecule has 1 amide bonds. The minimum absolute atomic E-state index is 0.0762. The molecular formula is C22H30N4O2. The van der Waals surface area contributed by atoms with Gasteiger partial charge in [-0.05, 0) is 31.0 Å². The molecule has 1 saturated heterocycles. The number of benzene rings is 1. The summed E-state index contributed by atoms with van der Waals surface area (Å²) in [5.41, 5.74) is 1.18. The van der Waals surface area contributed by atoms with Crippen molar-refractivity contribution in [3.8, 4) is 0 Å². The van der Waals surface area contributed by atoms with Crippen LogP contribution in [0.1, 0.15) is 25.0 Å². The van der Waals surface area contributed by atoms with E-state index < -0.39 is 0 Å². The number of nitrogens with one attached hydrogen (secondary N) is 1. The lowest BCUT2D eigenvalue weighted by Crippen LogP contribution is -2.49. The average molecular weight is 383 g/mol. The quantitative estimate of drug-likeness (QED) is 0.676. The van der Waals surface area contributed by atoms with Gasteiger partial charge < -0.3 is 15.0 Å². The second-order valence-electron chi connectivity index (χ2n) is 7.08. The first-order valence-electron chi connectivity index (χ1n) is 10.0. The third kappa shape index (κ3) is 6.32. The first-order valence-corrected chi connectivity index (χ1v) is 10.0. The molecule has 3 rings (SSSR count). The van der Waals surface area contributed by atoms with E-state index in [-0.39, 0.29) is 12.0 Å². The minimum atomic E-state index is 0.0762. The average Bonchev–Trinajstić information content (AvgIpc) is 2.75. The molecule has 6 heteroatoms. The normalized spacial score (nSPS) is 16.0. The van der Waals surface area contributed by atoms with Crippen molar-refractivity contribution in [3.05, 3.63) is 60.3 Å². The number of hydrogen-bond acceptors (Lipinski definition) is 5. The van der Waals surface area contributed by atoms with E-state index in [4.69, 9.17) is 4.74 Å². The number of ether oxygens (including phenoxy) is 1. The molecule has 1 unspecified atom stereocenters. The van der Waals surface area contributed by atoms with Crippen molar-refractivity contribution < 1.29 is 9.53 Å². The van der Waals surface area contributed by atoms with Gasteiger partial charge in [-0.15, -0.1) is 0 Å². The number of rotatable bonds is 9. The van der Waals surface area contributed by atoms with E-state index in [1.54, 1.807) is 0 Å². The number of piperazine rings is 1. The second-order valence-corrected chi connectivity index (χ2v) is 7.08. The van der Waals surface area contributed by atoms with Gasteiger partial charge in [0.15, 0.2) is 0 Å². The van der Waals surface area contributed by atoms with E-state index in [0.29, 0.717) is 19.7 Å². The molecule has 150 valence electrons. The standard InChI is InChI=1S/C22H30N4O2/c1-19(20-8-3-2-4-9-20)28-17-7-12-24-22(27)18-25-13-15-26(16-14-25)21-10-5-6-11-23-21/h2-6,8-11,19H,7,12-18H2,1H3,(H,24,27). The van der Waals surface area contributed by atoms with Crippen LogP contribution in [0.15, 0.2) is 54.7 Å². The molecule has 0 radical (unpaired) electrons. The molecule has 1 aliphatic heterocycles. The van der Waals surface area contributed by atoms with Gasteiger partial charge in [-0.1, -0.05) is 36.4 Å². The maximum absolute atomic E-state index is 12.2. The molecule has 1 atom stereocenters. The lowest BCUT2D eigenvalue weighted by Gasteiger charge is -2.34. The van der Waals surface area contributed by atoms with Crippen molar-refractivity contribution in [2.24, 2.45) is 0 Å². The third-order valence-electron chi connectivity index (χ3n) is 4.99. The number of hydrogen-bond donors (Lipinski definition) is 1. The third-order valence-corrected chi connectivity index (χ3v) is 4.99. The van der Waals surface area contributed by atoms with Gasteiger partial charge in [0.2, 0.25) is 5.91 Å². The molecule has 1 fully saturated rings. The Kier molecular flexibility index (Phi) is 7.82. The molecule has 1 aromatic carbocycles. The number of pyridine rings is 1. The maximum atomic E-state index is 12.2. The van der Waals surface area contributed by atoms with Gasteiger partial charge in [0.1, 0.15) is 5.82 Å². The van der Waals surface area contributed by atoms with Crippen molar-refractivity contribution in [2.75, 3.05) is 50.8 Å². The van der Waals surface area contributed by atoms with Crippen LogP contribution in [0.3, 0.4) is 0 Å². The zero-order valence-corrected chi connectivity index (χ0v) is 16.6. The number of carbonyl (C=O) groups is 1. The monoisotopic (exact) mass is 382 g/mol. The van der Waals surface area contributed by atoms with Crippen LogP contribution < -0.4 is 10.2 Å². The summed E-state index contributed by atoms with van der Waals surface area (Å²) in [5, 5.41) is 3.00. The highest BCUT2D eigenvalue weighted by Gasteiger charge is 2.19. The highest BCUT2D eigenvalue weighted by atomic mass is 16.5. The Hall–Kier alpha value is -2.44. The molecule has 1 aromatic heterocycles. The van der Waals surface area contributed by atoms with E-state index in [1.165, 1.54) is 5.56 Å². The molecule has 2 aromatic rings. The van der Waals surface area contributed by atoms with Gasteiger partial charge in [-0.3, -0.25) is 9.69 Å². The summed E-state index contributed by atoms with van der Waals surface area (Å²) in [7, 11) is 0. The molecule has 2 heterocycles. The van der Waals surface area contributed by atoms with Gasteiger partial charge in [0, 0.05) is 45.5 Å². The Morgan fingerprint density at radius 1 is 1.11 bits per heavy atom. The number of aromatic nitrogens is 1. The smallest absolute Gasteiger partial charge is 0.234 e. The lowest BCUT2D eigenvalue weighted by molar-refractivity contribution is -0.122. The zero-order chi connectivity index (χ0) is 19.6. The Morgan fingerprint density at radius 2 is 1.86 bits per heavy atom. The predicted molar refractivity (Wildman–Crippen MR) is 111 cm³/mol. The van der Waals surface area contributed by atoms with Gasteiger partial charge >= 0.3 is 0 Å². The molecule has 1 aliphatic rings. The topological polar surface area (TPSA) is 57.7 Å². The van der Waals surface area contributed by atoms with E-state index in [9.17, 15) is 4.79 Å². The molecule has 1 N–H and O–H groups in total. The highest BCUT2D eigenvalue weighted by Crippen LogP contribution is 2.15. The van der Waals surface area contributed by atoms with Crippen molar-refractivity contribution in [2.45, 2.75) is 19.4 Å². The Morgan fingerprint density at radius 3 is 2.57 bits per heavy atom. The van der Waals surface area contributed by atoms with Crippen molar-refractivity contribution >= 4 is 11.7 Å². The lowest BCUT2D eigenvalue weighted by atomic mass is 10.1. The van der Waals surface area contributed by atoms with Crippen LogP contribution in [0.25, 0.3) is 0 Å². The van der Waals surface area contributed by atoms with E-state index in [1.807, 2.05) is 42.6 Å². The van der Waals surface area contributed by atoms with Gasteiger partial charge in [-0.2, -0.15) is 0 Å². The Balaban J connectivity index is 1.26. The number of carbonyl (C=O) groups excluding carboxylic acids is 1. The van der Waals surface area contributed by atoms with Gasteiger partial charge in [-0.25, -0.2) is 4.98 Å². The van der Waals surface area contributed by atoms with E-state index in [0.717, 1.165) is 38.4 Å². The SMILES string of the molecule is CC(OCCCNC(=O)CN1CCN(c2ccccn2)CC1)c1ccccc1. The molecule has 6 nitrogen and oxygen atoms in total. The molecule has 0 saturated carbocycles. The summed E-state index contributed by atoms with van der Waals surface area (Å²) in [4.78, 5) is 21.0. The van der Waals surface area contributed by atoms with Crippen molar-refractivity contribution in [1.29, 1.82) is 0 Å². The molecule has 0 bridgehead atoms. The first kappa shape index (κ1) is 20.3. The fourth-order valence-corrected chi connectivity index (χ4v) is 3.32. The fraction of sp³-hybridized carbons (Fsp3) is 0.455. The summed E-state index contributed by atoms with van der Waals surface area (Å²) in [6, 6.07) is 16.1. The summed E-state index contributed by atoms with van der Waals surface area (Å²) in [6.07, 6.45) is 2.71. The summed E-state index contributed by atoms with van der Waals surface area (Å²) in [6.45, 7) is 7.34. The van der Waals surface area contributed by atoms with Gasteiger partial charge in [0.25, 0.3) is 0 Å². The summed E-state index contributed by atoms with van der Waals surface area (Å²) >= 11 is 0. The van der Waals surface area contributed by atoms with Crippen LogP contribution in [0.4, 0.5) is 5.82 Å². The van der Waals surface area contributed by atoms with Crippen molar-refractivity contribution in [1.82, 2.24) is 15.2 Å². The van der Waals surface area contributed by atoms with Crippen LogP contribution in [0.2, 0.25) is 0 Å². The van der Waals surface area contributed by atoms with E-state index >= 15 is 0 Å². The first-order chi connectivity index (χ1) is 13.7. The fourth-order valence-electron chi connectivity index (χ4n) is 3.32. The maximum Gasteiger partial charge on any atom is 0.234 e. The van der Waals surface area contributed by atoms with Gasteiger partial charge in [0.05, 0.1) is 12.6 Å². The van der Waals surface area contributed by atoms with Crippen LogP contribution in [-0.2, 0) is 9.53 Å². The van der Waals surface area contributed by atoms with Crippen LogP contribution in [-0.4, -0.2) is 61.7 Å².